The van der Waals surface area contributed by atoms with Crippen molar-refractivity contribution in [3.8, 4) is 0 Å². The standard InChI is InChI=1S/C18H23N5O3S2/c1-11-5-6-13(8-12(11)2)20-16(25)21-15(24)10-27-18-23-22-17(28-18)19-9-14-4-3-7-26-14/h5-6,8,14H,3-4,7,9-10H2,1-2H3,(H,19,22)(H2,20,21,24,25)/t14-/m0/s1. The van der Waals surface area contributed by atoms with Crippen LogP contribution in [0.15, 0.2) is 22.5 Å². The van der Waals surface area contributed by atoms with Gasteiger partial charge in [0.25, 0.3) is 0 Å². The second-order valence-electron chi connectivity index (χ2n) is 6.48. The lowest BCUT2D eigenvalue weighted by Gasteiger charge is -2.08. The SMILES string of the molecule is Cc1ccc(NC(=O)NC(=O)CSc2nnc(NC[C@@H]3CCCO3)s2)cc1C. The number of rotatable bonds is 7. The summed E-state index contributed by atoms with van der Waals surface area (Å²) in [4.78, 5) is 23.9. The summed E-state index contributed by atoms with van der Waals surface area (Å²) in [5.74, 6) is -0.309. The third-order valence-electron chi connectivity index (χ3n) is 4.26. The highest BCUT2D eigenvalue weighted by Crippen LogP contribution is 2.25. The van der Waals surface area contributed by atoms with Gasteiger partial charge in [0.15, 0.2) is 4.34 Å². The van der Waals surface area contributed by atoms with E-state index in [1.807, 2.05) is 26.0 Å². The molecule has 1 atom stereocenters. The molecule has 0 aliphatic carbocycles. The third-order valence-corrected chi connectivity index (χ3v) is 6.27. The Balaban J connectivity index is 1.38. The Hall–Kier alpha value is -2.17. The Morgan fingerprint density at radius 1 is 1.29 bits per heavy atom. The highest BCUT2D eigenvalue weighted by molar-refractivity contribution is 8.01. The molecule has 0 spiro atoms. The third kappa shape index (κ3) is 6.18. The van der Waals surface area contributed by atoms with Crippen LogP contribution in [0, 0.1) is 13.8 Å². The number of nitrogens with one attached hydrogen (secondary N) is 3. The summed E-state index contributed by atoms with van der Waals surface area (Å²) in [7, 11) is 0. The first-order chi connectivity index (χ1) is 13.5. The summed E-state index contributed by atoms with van der Waals surface area (Å²) in [6.07, 6.45) is 2.37. The molecule has 0 radical (unpaired) electrons. The van der Waals surface area contributed by atoms with E-state index in [4.69, 9.17) is 4.74 Å². The van der Waals surface area contributed by atoms with Gasteiger partial charge in [-0.25, -0.2) is 4.79 Å². The van der Waals surface area contributed by atoms with E-state index in [-0.39, 0.29) is 11.9 Å². The molecule has 150 valence electrons. The van der Waals surface area contributed by atoms with E-state index < -0.39 is 11.9 Å². The summed E-state index contributed by atoms with van der Waals surface area (Å²) >= 11 is 2.62. The van der Waals surface area contributed by atoms with Crippen molar-refractivity contribution in [3.05, 3.63) is 29.3 Å². The van der Waals surface area contributed by atoms with Gasteiger partial charge in [-0.3, -0.25) is 10.1 Å². The highest BCUT2D eigenvalue weighted by Gasteiger charge is 2.16. The molecule has 8 nitrogen and oxygen atoms in total. The van der Waals surface area contributed by atoms with E-state index in [0.29, 0.717) is 21.7 Å². The van der Waals surface area contributed by atoms with E-state index in [9.17, 15) is 9.59 Å². The minimum absolute atomic E-state index is 0.0840. The number of imide groups is 1. The molecule has 0 unspecified atom stereocenters. The molecule has 3 amide bonds. The molecule has 2 heterocycles. The fourth-order valence-corrected chi connectivity index (χ4v) is 4.18. The number of thioether (sulfide) groups is 1. The summed E-state index contributed by atoms with van der Waals surface area (Å²) in [6.45, 7) is 5.48. The van der Waals surface area contributed by atoms with E-state index in [1.165, 1.54) is 23.1 Å². The summed E-state index contributed by atoms with van der Waals surface area (Å²) in [5, 5.41) is 17.0. The van der Waals surface area contributed by atoms with Gasteiger partial charge in [-0.2, -0.15) is 0 Å². The molecule has 1 saturated heterocycles. The predicted molar refractivity (Wildman–Crippen MR) is 111 cm³/mol. The van der Waals surface area contributed by atoms with Gasteiger partial charge in [0.05, 0.1) is 11.9 Å². The molecular formula is C18H23N5O3S2. The fraction of sp³-hybridized carbons (Fsp3) is 0.444. The number of carbonyl (C=O) groups is 2. The van der Waals surface area contributed by atoms with E-state index in [2.05, 4.69) is 26.1 Å². The van der Waals surface area contributed by atoms with Crippen LogP contribution in [-0.4, -0.2) is 47.1 Å². The first-order valence-corrected chi connectivity index (χ1v) is 10.8. The van der Waals surface area contributed by atoms with Crippen molar-refractivity contribution in [2.45, 2.75) is 37.1 Å². The van der Waals surface area contributed by atoms with Crippen LogP contribution >= 0.6 is 23.1 Å². The molecule has 1 fully saturated rings. The molecule has 3 rings (SSSR count). The largest absolute Gasteiger partial charge is 0.376 e. The zero-order valence-electron chi connectivity index (χ0n) is 15.8. The lowest BCUT2D eigenvalue weighted by molar-refractivity contribution is -0.117. The van der Waals surface area contributed by atoms with Crippen LogP contribution in [0.25, 0.3) is 0 Å². The Morgan fingerprint density at radius 2 is 2.14 bits per heavy atom. The molecule has 1 aromatic carbocycles. The van der Waals surface area contributed by atoms with Gasteiger partial charge in [0.2, 0.25) is 11.0 Å². The number of hydrogen-bond donors (Lipinski definition) is 3. The number of nitrogens with zero attached hydrogens (tertiary/aromatic N) is 2. The minimum atomic E-state index is -0.551. The second-order valence-corrected chi connectivity index (χ2v) is 8.68. The van der Waals surface area contributed by atoms with Crippen molar-refractivity contribution in [1.29, 1.82) is 0 Å². The van der Waals surface area contributed by atoms with Gasteiger partial charge >= 0.3 is 6.03 Å². The number of aryl methyl sites for hydroxylation is 2. The molecule has 28 heavy (non-hydrogen) atoms. The van der Waals surface area contributed by atoms with Gasteiger partial charge in [-0.1, -0.05) is 29.2 Å². The topological polar surface area (TPSA) is 105 Å². The molecule has 0 bridgehead atoms. The quantitative estimate of drug-likeness (QED) is 0.590. The normalized spacial score (nSPS) is 16.0. The number of amides is 3. The maximum absolute atomic E-state index is 12.0. The number of ether oxygens (including phenoxy) is 1. The Labute approximate surface area is 171 Å². The number of anilines is 2. The van der Waals surface area contributed by atoms with Crippen molar-refractivity contribution in [1.82, 2.24) is 15.5 Å². The lowest BCUT2D eigenvalue weighted by atomic mass is 10.1. The zero-order valence-corrected chi connectivity index (χ0v) is 17.4. The van der Waals surface area contributed by atoms with Gasteiger partial charge in [-0.05, 0) is 49.9 Å². The number of benzene rings is 1. The van der Waals surface area contributed by atoms with Crippen LogP contribution in [0.1, 0.15) is 24.0 Å². The van der Waals surface area contributed by atoms with Gasteiger partial charge in [-0.15, -0.1) is 10.2 Å². The fourth-order valence-electron chi connectivity index (χ4n) is 2.62. The van der Waals surface area contributed by atoms with Crippen molar-refractivity contribution in [2.75, 3.05) is 29.5 Å². The molecule has 1 aliphatic rings. The molecule has 1 aliphatic heterocycles. The zero-order chi connectivity index (χ0) is 19.9. The maximum Gasteiger partial charge on any atom is 0.325 e. The van der Waals surface area contributed by atoms with Crippen molar-refractivity contribution in [2.24, 2.45) is 0 Å². The average molecular weight is 422 g/mol. The second kappa shape index (κ2) is 9.85. The van der Waals surface area contributed by atoms with Crippen LogP contribution < -0.4 is 16.0 Å². The highest BCUT2D eigenvalue weighted by atomic mass is 32.2. The van der Waals surface area contributed by atoms with E-state index in [1.54, 1.807) is 6.07 Å². The van der Waals surface area contributed by atoms with Crippen molar-refractivity contribution in [3.63, 3.8) is 0 Å². The summed E-state index contributed by atoms with van der Waals surface area (Å²) in [6, 6.07) is 5.03. The Bertz CT molecular complexity index is 836. The van der Waals surface area contributed by atoms with Crippen LogP contribution in [0.5, 0.6) is 0 Å². The first-order valence-electron chi connectivity index (χ1n) is 8.99. The van der Waals surface area contributed by atoms with Crippen LogP contribution in [-0.2, 0) is 9.53 Å². The maximum atomic E-state index is 12.0. The molecule has 0 saturated carbocycles. The number of urea groups is 1. The van der Waals surface area contributed by atoms with Gasteiger partial charge in [0, 0.05) is 18.8 Å². The molecular weight excluding hydrogens is 398 g/mol. The number of aromatic nitrogens is 2. The molecule has 10 heteroatoms. The first kappa shape index (κ1) is 20.6. The predicted octanol–water partition coefficient (Wildman–Crippen LogP) is 3.19. The number of hydrogen-bond acceptors (Lipinski definition) is 8. The van der Waals surface area contributed by atoms with Crippen LogP contribution in [0.4, 0.5) is 15.6 Å². The van der Waals surface area contributed by atoms with Gasteiger partial charge < -0.3 is 15.4 Å². The molecule has 3 N–H and O–H groups in total. The lowest BCUT2D eigenvalue weighted by Crippen LogP contribution is -2.35. The Kier molecular flexibility index (Phi) is 7.24. The van der Waals surface area contributed by atoms with Crippen LogP contribution in [0.2, 0.25) is 0 Å². The average Bonchev–Trinajstić information content (AvgIpc) is 3.33. The van der Waals surface area contributed by atoms with Crippen molar-refractivity contribution >= 4 is 45.9 Å². The van der Waals surface area contributed by atoms with E-state index >= 15 is 0 Å². The molecule has 1 aromatic heterocycles. The van der Waals surface area contributed by atoms with E-state index in [0.717, 1.165) is 30.6 Å². The summed E-state index contributed by atoms with van der Waals surface area (Å²) < 4.78 is 6.22. The molecule has 2 aromatic rings. The number of carbonyl (C=O) groups excluding carboxylic acids is 2. The van der Waals surface area contributed by atoms with Gasteiger partial charge in [0.1, 0.15) is 0 Å². The smallest absolute Gasteiger partial charge is 0.325 e. The summed E-state index contributed by atoms with van der Waals surface area (Å²) in [5.41, 5.74) is 2.85. The Morgan fingerprint density at radius 3 is 2.89 bits per heavy atom. The monoisotopic (exact) mass is 421 g/mol. The van der Waals surface area contributed by atoms with Crippen LogP contribution in [0.3, 0.4) is 0 Å². The van der Waals surface area contributed by atoms with Crippen molar-refractivity contribution < 1.29 is 14.3 Å². The minimum Gasteiger partial charge on any atom is -0.376 e.